The van der Waals surface area contributed by atoms with Crippen LogP contribution in [0.2, 0.25) is 0 Å². The molecule has 3 rings (SSSR count). The van der Waals surface area contributed by atoms with Crippen molar-refractivity contribution in [2.45, 2.75) is 59.3 Å². The van der Waals surface area contributed by atoms with Crippen LogP contribution in [-0.2, 0) is 19.1 Å². The molecule has 0 atom stereocenters. The van der Waals surface area contributed by atoms with E-state index in [-0.39, 0.29) is 11.9 Å². The summed E-state index contributed by atoms with van der Waals surface area (Å²) in [5.74, 6) is 0.0807. The zero-order valence-corrected chi connectivity index (χ0v) is 28.4. The molecular weight excluding hydrogens is 628 g/mol. The molecule has 0 aliphatic carbocycles. The lowest BCUT2D eigenvalue weighted by Gasteiger charge is -2.11. The highest BCUT2D eigenvalue weighted by Gasteiger charge is 2.14. The van der Waals surface area contributed by atoms with Crippen molar-refractivity contribution >= 4 is 23.9 Å². The van der Waals surface area contributed by atoms with Crippen molar-refractivity contribution in [1.82, 2.24) is 0 Å². The summed E-state index contributed by atoms with van der Waals surface area (Å²) in [5.41, 5.74) is 2.10. The van der Waals surface area contributed by atoms with E-state index in [1.807, 2.05) is 0 Å². The van der Waals surface area contributed by atoms with Gasteiger partial charge in [0.05, 0.1) is 37.6 Å². The standard InChI is InChI=1S/C39H44O10/c1-27(2)36(40)46-24-10-6-8-22-44-32-16-12-30(13-17-32)38(42)48-34-20-21-35(29(5)26-34)49-39(43)31-14-18-33(19-15-31)45-23-9-7-11-25-47-37(41)28(3)4/h12-21,26H,1,3,6-11,22-25H2,2,4-5H3. The zero-order chi connectivity index (χ0) is 35.6. The third-order valence-electron chi connectivity index (χ3n) is 7.02. The molecule has 10 heteroatoms. The smallest absolute Gasteiger partial charge is 0.343 e. The third kappa shape index (κ3) is 13.7. The average molecular weight is 673 g/mol. The SMILES string of the molecule is C=C(C)C(=O)OCCCCCOc1ccc(C(=O)Oc2ccc(OC(=O)c3ccc(OCCCCCOC(=O)C(=C)C)cc3)c(C)c2)cc1. The Balaban J connectivity index is 1.37. The summed E-state index contributed by atoms with van der Waals surface area (Å²) in [4.78, 5) is 48.2. The highest BCUT2D eigenvalue weighted by Crippen LogP contribution is 2.26. The number of ether oxygens (including phenoxy) is 6. The van der Waals surface area contributed by atoms with Gasteiger partial charge in [-0.3, -0.25) is 0 Å². The molecule has 0 fully saturated rings. The predicted octanol–water partition coefficient (Wildman–Crippen LogP) is 7.77. The third-order valence-corrected chi connectivity index (χ3v) is 7.02. The van der Waals surface area contributed by atoms with E-state index in [1.54, 1.807) is 87.5 Å². The van der Waals surface area contributed by atoms with Gasteiger partial charge in [-0.25, -0.2) is 19.2 Å². The van der Waals surface area contributed by atoms with Gasteiger partial charge in [-0.1, -0.05) is 13.2 Å². The lowest BCUT2D eigenvalue weighted by Crippen LogP contribution is -2.11. The van der Waals surface area contributed by atoms with Crippen LogP contribution in [0.1, 0.15) is 78.7 Å². The topological polar surface area (TPSA) is 124 Å². The van der Waals surface area contributed by atoms with Gasteiger partial charge in [0.1, 0.15) is 23.0 Å². The van der Waals surface area contributed by atoms with E-state index < -0.39 is 11.9 Å². The molecule has 0 bridgehead atoms. The lowest BCUT2D eigenvalue weighted by molar-refractivity contribution is -0.139. The van der Waals surface area contributed by atoms with E-state index in [4.69, 9.17) is 28.4 Å². The molecule has 10 nitrogen and oxygen atoms in total. The number of benzene rings is 3. The molecule has 0 spiro atoms. The van der Waals surface area contributed by atoms with Crippen molar-refractivity contribution < 1.29 is 47.6 Å². The maximum atomic E-state index is 12.8. The molecule has 0 aliphatic rings. The highest BCUT2D eigenvalue weighted by molar-refractivity contribution is 5.92. The summed E-state index contributed by atoms with van der Waals surface area (Å²) in [6.07, 6.45) is 4.75. The first-order chi connectivity index (χ1) is 23.5. The monoisotopic (exact) mass is 672 g/mol. The van der Waals surface area contributed by atoms with E-state index in [0.717, 1.165) is 38.5 Å². The zero-order valence-electron chi connectivity index (χ0n) is 28.4. The number of unbranched alkanes of at least 4 members (excludes halogenated alkanes) is 4. The minimum absolute atomic E-state index is 0.311. The van der Waals surface area contributed by atoms with Gasteiger partial charge in [0.25, 0.3) is 0 Å². The normalized spacial score (nSPS) is 10.4. The van der Waals surface area contributed by atoms with Gasteiger partial charge in [0.15, 0.2) is 0 Å². The van der Waals surface area contributed by atoms with E-state index >= 15 is 0 Å². The minimum Gasteiger partial charge on any atom is -0.494 e. The number of hydrogen-bond acceptors (Lipinski definition) is 10. The second-order valence-corrected chi connectivity index (χ2v) is 11.4. The van der Waals surface area contributed by atoms with Gasteiger partial charge >= 0.3 is 23.9 Å². The van der Waals surface area contributed by atoms with Gasteiger partial charge in [-0.05, 0) is 132 Å². The van der Waals surface area contributed by atoms with Crippen molar-refractivity contribution in [2.24, 2.45) is 0 Å². The van der Waals surface area contributed by atoms with E-state index in [9.17, 15) is 19.2 Å². The molecule has 0 amide bonds. The van der Waals surface area contributed by atoms with Gasteiger partial charge in [-0.15, -0.1) is 0 Å². The molecule has 0 aromatic heterocycles. The molecule has 260 valence electrons. The van der Waals surface area contributed by atoms with Crippen LogP contribution in [0.4, 0.5) is 0 Å². The van der Waals surface area contributed by atoms with Gasteiger partial charge in [-0.2, -0.15) is 0 Å². The quantitative estimate of drug-likeness (QED) is 0.0509. The minimum atomic E-state index is -0.536. The Morgan fingerprint density at radius 2 is 0.939 bits per heavy atom. The van der Waals surface area contributed by atoms with Gasteiger partial charge in [0.2, 0.25) is 0 Å². The van der Waals surface area contributed by atoms with Crippen LogP contribution >= 0.6 is 0 Å². The van der Waals surface area contributed by atoms with Crippen molar-refractivity contribution in [3.05, 3.63) is 108 Å². The molecule has 0 heterocycles. The maximum Gasteiger partial charge on any atom is 0.343 e. The fourth-order valence-electron chi connectivity index (χ4n) is 4.22. The number of hydrogen-bond donors (Lipinski definition) is 0. The van der Waals surface area contributed by atoms with Gasteiger partial charge in [0, 0.05) is 11.1 Å². The second kappa shape index (κ2) is 20.1. The number of carbonyl (C=O) groups excluding carboxylic acids is 4. The molecule has 0 N–H and O–H groups in total. The number of aryl methyl sites for hydroxylation is 1. The van der Waals surface area contributed by atoms with Gasteiger partial charge < -0.3 is 28.4 Å². The highest BCUT2D eigenvalue weighted by atomic mass is 16.5. The fourth-order valence-corrected chi connectivity index (χ4v) is 4.22. The first-order valence-electron chi connectivity index (χ1n) is 16.2. The Morgan fingerprint density at radius 3 is 1.37 bits per heavy atom. The van der Waals surface area contributed by atoms with Crippen molar-refractivity contribution in [3.63, 3.8) is 0 Å². The van der Waals surface area contributed by atoms with E-state index in [2.05, 4.69) is 13.2 Å². The van der Waals surface area contributed by atoms with Crippen LogP contribution in [0, 0.1) is 6.92 Å². The Labute approximate surface area is 287 Å². The van der Waals surface area contributed by atoms with Crippen LogP contribution in [0.3, 0.4) is 0 Å². The Bertz CT molecular complexity index is 1590. The molecule has 0 saturated carbocycles. The van der Waals surface area contributed by atoms with E-state index in [0.29, 0.717) is 77.3 Å². The molecule has 3 aromatic rings. The first-order valence-corrected chi connectivity index (χ1v) is 16.2. The molecule has 3 aromatic carbocycles. The molecule has 0 saturated heterocycles. The largest absolute Gasteiger partial charge is 0.494 e. The summed E-state index contributed by atoms with van der Waals surface area (Å²) in [7, 11) is 0. The van der Waals surface area contributed by atoms with Crippen molar-refractivity contribution in [3.8, 4) is 23.0 Å². The molecule has 0 unspecified atom stereocenters. The summed E-state index contributed by atoms with van der Waals surface area (Å²) in [6, 6.07) is 18.1. The summed E-state index contributed by atoms with van der Waals surface area (Å²) in [6.45, 7) is 13.8. The average Bonchev–Trinajstić information content (AvgIpc) is 3.08. The first kappa shape index (κ1) is 38.1. The lowest BCUT2D eigenvalue weighted by atomic mass is 10.2. The molecule has 49 heavy (non-hydrogen) atoms. The maximum absolute atomic E-state index is 12.8. The Hall–Kier alpha value is -5.38. The summed E-state index contributed by atoms with van der Waals surface area (Å²) >= 11 is 0. The molecule has 0 radical (unpaired) electrons. The molecular formula is C39H44O10. The number of rotatable bonds is 20. The van der Waals surface area contributed by atoms with Crippen LogP contribution < -0.4 is 18.9 Å². The summed E-state index contributed by atoms with van der Waals surface area (Å²) < 4.78 is 32.7. The fraction of sp³-hybridized carbons (Fsp3) is 0.333. The predicted molar refractivity (Wildman–Crippen MR) is 184 cm³/mol. The molecule has 0 aliphatic heterocycles. The van der Waals surface area contributed by atoms with Crippen molar-refractivity contribution in [1.29, 1.82) is 0 Å². The van der Waals surface area contributed by atoms with Crippen LogP contribution in [0.15, 0.2) is 91.0 Å². The summed E-state index contributed by atoms with van der Waals surface area (Å²) in [5, 5.41) is 0. The Morgan fingerprint density at radius 1 is 0.531 bits per heavy atom. The Kier molecular flexibility index (Phi) is 15.6. The number of esters is 4. The van der Waals surface area contributed by atoms with E-state index in [1.165, 1.54) is 0 Å². The van der Waals surface area contributed by atoms with Crippen LogP contribution in [-0.4, -0.2) is 50.3 Å². The van der Waals surface area contributed by atoms with Crippen LogP contribution in [0.25, 0.3) is 0 Å². The van der Waals surface area contributed by atoms with Crippen LogP contribution in [0.5, 0.6) is 23.0 Å². The number of carbonyl (C=O) groups is 4. The second-order valence-electron chi connectivity index (χ2n) is 11.4. The van der Waals surface area contributed by atoms with Crippen molar-refractivity contribution in [2.75, 3.05) is 26.4 Å².